The van der Waals surface area contributed by atoms with Gasteiger partial charge in [0.05, 0.1) is 17.0 Å². The first-order chi connectivity index (χ1) is 6.72. The van der Waals surface area contributed by atoms with Crippen LogP contribution in [0.4, 0.5) is 5.69 Å². The maximum atomic E-state index is 6.02. The highest BCUT2D eigenvalue weighted by atomic mass is 79.9. The number of rotatable bonds is 1. The van der Waals surface area contributed by atoms with E-state index in [2.05, 4.69) is 25.6 Å². The average Bonchev–Trinajstić information content (AvgIpc) is 2.18. The second-order valence-corrected chi connectivity index (χ2v) is 4.51. The van der Waals surface area contributed by atoms with Crippen LogP contribution in [0.15, 0.2) is 22.0 Å². The molecular weight excluding hydrogens is 288 g/mol. The summed E-state index contributed by atoms with van der Waals surface area (Å²) >= 11 is 10.7. The van der Waals surface area contributed by atoms with Crippen molar-refractivity contribution in [3.8, 4) is 5.75 Å². The van der Waals surface area contributed by atoms with Crippen LogP contribution in [0.2, 0.25) is 5.02 Å². The van der Waals surface area contributed by atoms with Gasteiger partial charge in [0.2, 0.25) is 0 Å². The summed E-state index contributed by atoms with van der Waals surface area (Å²) in [7, 11) is 1.61. The number of nitrogens with one attached hydrogen (secondary N) is 1. The second kappa shape index (κ2) is 4.00. The highest BCUT2D eigenvalue weighted by Gasteiger charge is 2.18. The molecule has 0 fully saturated rings. The van der Waals surface area contributed by atoms with Gasteiger partial charge in [-0.2, -0.15) is 0 Å². The van der Waals surface area contributed by atoms with Gasteiger partial charge in [-0.1, -0.05) is 11.6 Å². The molecule has 0 amide bonds. The van der Waals surface area contributed by atoms with Gasteiger partial charge in [-0.15, -0.1) is 0 Å². The molecule has 1 aliphatic rings. The van der Waals surface area contributed by atoms with Crippen molar-refractivity contribution in [2.45, 2.75) is 4.90 Å². The normalized spacial score (nSPS) is 14.1. The number of nitrogens with zero attached hydrogens (tertiary/aromatic N) is 1. The fourth-order valence-electron chi connectivity index (χ4n) is 1.11. The molecule has 0 saturated heterocycles. The molecule has 0 bridgehead atoms. The van der Waals surface area contributed by atoms with Gasteiger partial charge in [-0.25, -0.2) is 4.99 Å². The van der Waals surface area contributed by atoms with Gasteiger partial charge in [-0.05, 0) is 40.0 Å². The molecule has 0 saturated carbocycles. The zero-order valence-corrected chi connectivity index (χ0v) is 10.3. The van der Waals surface area contributed by atoms with E-state index < -0.39 is 0 Å². The largest absolute Gasteiger partial charge is 0.494 e. The van der Waals surface area contributed by atoms with Crippen molar-refractivity contribution in [1.82, 2.24) is 4.72 Å². The van der Waals surface area contributed by atoms with Crippen LogP contribution in [-0.2, 0) is 0 Å². The van der Waals surface area contributed by atoms with Crippen LogP contribution >= 0.6 is 39.5 Å². The number of ether oxygens (including phenoxy) is 1. The fraction of sp³-hybridized carbons (Fsp3) is 0.125. The molecule has 74 valence electrons. The summed E-state index contributed by atoms with van der Waals surface area (Å²) in [5.74, 6) is 0.718. The molecule has 1 aromatic rings. The van der Waals surface area contributed by atoms with Crippen molar-refractivity contribution >= 4 is 49.9 Å². The van der Waals surface area contributed by atoms with Crippen molar-refractivity contribution in [3.05, 3.63) is 17.2 Å². The maximum Gasteiger partial charge on any atom is 0.181 e. The number of aliphatic imine (C=N–C) groups is 1. The van der Waals surface area contributed by atoms with Gasteiger partial charge >= 0.3 is 0 Å². The molecule has 0 aromatic heterocycles. The third-order valence-corrected chi connectivity index (χ3v) is 3.69. The Bertz CT molecular complexity index is 411. The second-order valence-electron chi connectivity index (χ2n) is 2.53. The minimum Gasteiger partial charge on any atom is -0.494 e. The third-order valence-electron chi connectivity index (χ3n) is 1.71. The molecule has 1 aliphatic heterocycles. The third kappa shape index (κ3) is 1.71. The van der Waals surface area contributed by atoms with E-state index in [1.807, 2.05) is 0 Å². The topological polar surface area (TPSA) is 33.6 Å². The Hall–Kier alpha value is -0.390. The van der Waals surface area contributed by atoms with Crippen LogP contribution in [0.25, 0.3) is 0 Å². The van der Waals surface area contributed by atoms with Gasteiger partial charge in [0, 0.05) is 0 Å². The molecular formula is C8H6BrClN2OS. The Morgan fingerprint density at radius 1 is 1.57 bits per heavy atom. The van der Waals surface area contributed by atoms with Crippen molar-refractivity contribution in [2.24, 2.45) is 4.99 Å². The molecule has 1 N–H and O–H groups in total. The van der Waals surface area contributed by atoms with E-state index in [0.29, 0.717) is 9.77 Å². The lowest BCUT2D eigenvalue weighted by Gasteiger charge is -2.16. The van der Waals surface area contributed by atoms with Crippen molar-refractivity contribution in [2.75, 3.05) is 7.11 Å². The predicted octanol–water partition coefficient (Wildman–Crippen LogP) is 3.34. The van der Waals surface area contributed by atoms with E-state index in [-0.39, 0.29) is 0 Å². The van der Waals surface area contributed by atoms with Gasteiger partial charge < -0.3 is 9.46 Å². The zero-order chi connectivity index (χ0) is 10.1. The fourth-order valence-corrected chi connectivity index (χ4v) is 2.44. The molecule has 14 heavy (non-hydrogen) atoms. The monoisotopic (exact) mass is 292 g/mol. The zero-order valence-electron chi connectivity index (χ0n) is 7.17. The minimum absolute atomic E-state index is 0.663. The molecule has 0 radical (unpaired) electrons. The predicted molar refractivity (Wildman–Crippen MR) is 63.0 cm³/mol. The van der Waals surface area contributed by atoms with E-state index in [9.17, 15) is 0 Å². The molecule has 2 rings (SSSR count). The number of hydrogen-bond donors (Lipinski definition) is 1. The SMILES string of the molecule is COc1ccc(Cl)c2c1N=C(Br)NS2. The van der Waals surface area contributed by atoms with Crippen LogP contribution in [-0.4, -0.2) is 11.9 Å². The molecule has 3 nitrogen and oxygen atoms in total. The quantitative estimate of drug-likeness (QED) is 0.637. The number of benzene rings is 1. The molecule has 0 aliphatic carbocycles. The summed E-state index contributed by atoms with van der Waals surface area (Å²) in [5, 5.41) is 0.669. The van der Waals surface area contributed by atoms with Gasteiger partial charge in [0.1, 0.15) is 11.4 Å². The number of fused-ring (bicyclic) bond motifs is 1. The smallest absolute Gasteiger partial charge is 0.181 e. The highest BCUT2D eigenvalue weighted by Crippen LogP contribution is 2.43. The van der Waals surface area contributed by atoms with E-state index in [1.54, 1.807) is 19.2 Å². The summed E-state index contributed by atoms with van der Waals surface area (Å²) in [4.78, 5) is 5.15. The van der Waals surface area contributed by atoms with Crippen LogP contribution in [0, 0.1) is 0 Å². The van der Waals surface area contributed by atoms with E-state index in [1.165, 1.54) is 11.9 Å². The van der Waals surface area contributed by atoms with Crippen molar-refractivity contribution in [3.63, 3.8) is 0 Å². The summed E-state index contributed by atoms with van der Waals surface area (Å²) in [6.07, 6.45) is 0. The molecule has 6 heteroatoms. The van der Waals surface area contributed by atoms with E-state index in [4.69, 9.17) is 16.3 Å². The van der Waals surface area contributed by atoms with Gasteiger partial charge in [0.25, 0.3) is 0 Å². The summed E-state index contributed by atoms with van der Waals surface area (Å²) in [6.45, 7) is 0. The average molecular weight is 294 g/mol. The van der Waals surface area contributed by atoms with Crippen LogP contribution in [0.3, 0.4) is 0 Å². The lowest BCUT2D eigenvalue weighted by molar-refractivity contribution is 0.415. The van der Waals surface area contributed by atoms with E-state index >= 15 is 0 Å². The Morgan fingerprint density at radius 2 is 2.36 bits per heavy atom. The van der Waals surface area contributed by atoms with Crippen LogP contribution < -0.4 is 9.46 Å². The van der Waals surface area contributed by atoms with Gasteiger partial charge in [0.15, 0.2) is 4.74 Å². The van der Waals surface area contributed by atoms with E-state index in [0.717, 1.165) is 16.3 Å². The van der Waals surface area contributed by atoms with Crippen LogP contribution in [0.5, 0.6) is 5.75 Å². The minimum atomic E-state index is 0.663. The Balaban J connectivity index is 2.62. The Kier molecular flexibility index (Phi) is 2.90. The highest BCUT2D eigenvalue weighted by molar-refractivity contribution is 9.18. The van der Waals surface area contributed by atoms with Crippen molar-refractivity contribution in [1.29, 1.82) is 0 Å². The van der Waals surface area contributed by atoms with Gasteiger partial charge in [-0.3, -0.25) is 0 Å². The number of methoxy groups -OCH3 is 1. The summed E-state index contributed by atoms with van der Waals surface area (Å²) < 4.78 is 8.82. The summed E-state index contributed by atoms with van der Waals surface area (Å²) in [5.41, 5.74) is 0.760. The van der Waals surface area contributed by atoms with Crippen molar-refractivity contribution < 1.29 is 4.74 Å². The molecule has 1 heterocycles. The number of amidine groups is 1. The molecule has 0 spiro atoms. The first-order valence-electron chi connectivity index (χ1n) is 3.76. The first kappa shape index (κ1) is 10.1. The lowest BCUT2D eigenvalue weighted by atomic mass is 10.3. The first-order valence-corrected chi connectivity index (χ1v) is 5.74. The Morgan fingerprint density at radius 3 is 3.07 bits per heavy atom. The number of hydrogen-bond acceptors (Lipinski definition) is 4. The number of halogens is 2. The van der Waals surface area contributed by atoms with Crippen LogP contribution in [0.1, 0.15) is 0 Å². The molecule has 0 unspecified atom stereocenters. The summed E-state index contributed by atoms with van der Waals surface area (Å²) in [6, 6.07) is 3.60. The molecule has 1 aromatic carbocycles. The maximum absolute atomic E-state index is 6.02. The molecule has 0 atom stereocenters. The standard InChI is InChI=1S/C8H6BrClN2OS/c1-13-5-3-2-4(10)7-6(5)11-8(9)12-14-7/h2-3H,1H3,(H,11,12). The lowest BCUT2D eigenvalue weighted by Crippen LogP contribution is -2.11. The Labute approximate surface area is 99.1 Å².